The summed E-state index contributed by atoms with van der Waals surface area (Å²) in [6.45, 7) is 0.777. The zero-order valence-electron chi connectivity index (χ0n) is 13.8. The summed E-state index contributed by atoms with van der Waals surface area (Å²) in [7, 11) is 0. The third-order valence-electron chi connectivity index (χ3n) is 3.97. The third kappa shape index (κ3) is 3.23. The van der Waals surface area contributed by atoms with Gasteiger partial charge in [-0.25, -0.2) is 4.39 Å². The molecule has 2 aromatic carbocycles. The molecule has 1 atom stereocenters. The maximum Gasteiger partial charge on any atom is 0.326 e. The molecule has 1 aliphatic rings. The van der Waals surface area contributed by atoms with Crippen molar-refractivity contribution in [3.63, 3.8) is 0 Å². The fourth-order valence-electron chi connectivity index (χ4n) is 2.65. The summed E-state index contributed by atoms with van der Waals surface area (Å²) >= 11 is 0. The van der Waals surface area contributed by atoms with Gasteiger partial charge in [-0.1, -0.05) is 12.1 Å². The Morgan fingerprint density at radius 3 is 2.08 bits per heavy atom. The van der Waals surface area contributed by atoms with Gasteiger partial charge in [-0.2, -0.15) is 0 Å². The normalized spacial score (nSPS) is 14.2. The van der Waals surface area contributed by atoms with Gasteiger partial charge in [0, 0.05) is 5.56 Å². The molecule has 0 spiro atoms. The SMILES string of the molecule is C[C@@H](OC(=O)CN1C(=O)c2ccccc2C1=O)C(=O)c1ccc(F)cc1. The topological polar surface area (TPSA) is 80.8 Å². The lowest BCUT2D eigenvalue weighted by molar-refractivity contribution is -0.146. The van der Waals surface area contributed by atoms with E-state index in [-0.39, 0.29) is 16.7 Å². The highest BCUT2D eigenvalue weighted by atomic mass is 19.1. The fraction of sp³-hybridized carbons (Fsp3) is 0.158. The molecule has 0 aliphatic carbocycles. The second kappa shape index (κ2) is 6.87. The van der Waals surface area contributed by atoms with Crippen LogP contribution in [0.1, 0.15) is 38.0 Å². The minimum Gasteiger partial charge on any atom is -0.453 e. The number of benzene rings is 2. The molecule has 0 saturated heterocycles. The number of carbonyl (C=O) groups excluding carboxylic acids is 4. The highest BCUT2D eigenvalue weighted by molar-refractivity contribution is 6.22. The van der Waals surface area contributed by atoms with Crippen molar-refractivity contribution in [2.45, 2.75) is 13.0 Å². The molecule has 1 aliphatic heterocycles. The molecule has 7 heteroatoms. The number of amides is 2. The Balaban J connectivity index is 1.64. The summed E-state index contributed by atoms with van der Waals surface area (Å²) in [6, 6.07) is 11.1. The van der Waals surface area contributed by atoms with Crippen molar-refractivity contribution in [1.29, 1.82) is 0 Å². The minimum atomic E-state index is -1.14. The van der Waals surface area contributed by atoms with Gasteiger partial charge in [0.05, 0.1) is 11.1 Å². The average Bonchev–Trinajstić information content (AvgIpc) is 2.87. The first kappa shape index (κ1) is 17.5. The Morgan fingerprint density at radius 2 is 1.54 bits per heavy atom. The van der Waals surface area contributed by atoms with Crippen LogP contribution in [-0.4, -0.2) is 41.1 Å². The molecule has 26 heavy (non-hydrogen) atoms. The number of rotatable bonds is 5. The molecule has 0 unspecified atom stereocenters. The lowest BCUT2D eigenvalue weighted by Gasteiger charge is -2.16. The van der Waals surface area contributed by atoms with E-state index in [0.29, 0.717) is 0 Å². The van der Waals surface area contributed by atoms with Crippen molar-refractivity contribution in [3.8, 4) is 0 Å². The summed E-state index contributed by atoms with van der Waals surface area (Å²) in [5.41, 5.74) is 0.633. The number of hydrogen-bond acceptors (Lipinski definition) is 5. The highest BCUT2D eigenvalue weighted by Gasteiger charge is 2.37. The van der Waals surface area contributed by atoms with Crippen molar-refractivity contribution < 1.29 is 28.3 Å². The predicted octanol–water partition coefficient (Wildman–Crippen LogP) is 2.24. The molecule has 0 bridgehead atoms. The van der Waals surface area contributed by atoms with Gasteiger partial charge in [0.15, 0.2) is 6.10 Å². The molecule has 0 aromatic heterocycles. The van der Waals surface area contributed by atoms with Crippen molar-refractivity contribution in [2.24, 2.45) is 0 Å². The second-order valence-electron chi connectivity index (χ2n) is 5.75. The van der Waals surface area contributed by atoms with Crippen molar-refractivity contribution in [1.82, 2.24) is 4.90 Å². The number of nitrogens with zero attached hydrogens (tertiary/aromatic N) is 1. The lowest BCUT2D eigenvalue weighted by Crippen LogP contribution is -2.37. The Labute approximate surface area is 148 Å². The van der Waals surface area contributed by atoms with Crippen molar-refractivity contribution >= 4 is 23.6 Å². The first-order chi connectivity index (χ1) is 12.4. The molecule has 1 heterocycles. The number of imide groups is 1. The first-order valence-electron chi connectivity index (χ1n) is 7.83. The summed E-state index contributed by atoms with van der Waals surface area (Å²) in [5.74, 6) is -3.06. The van der Waals surface area contributed by atoms with Crippen LogP contribution in [0.5, 0.6) is 0 Å². The van der Waals surface area contributed by atoms with Crippen LogP contribution < -0.4 is 0 Å². The van der Waals surface area contributed by atoms with Crippen LogP contribution in [0.4, 0.5) is 4.39 Å². The van der Waals surface area contributed by atoms with Crippen LogP contribution in [-0.2, 0) is 9.53 Å². The van der Waals surface area contributed by atoms with Gasteiger partial charge in [0.25, 0.3) is 11.8 Å². The number of carbonyl (C=O) groups is 4. The Bertz CT molecular complexity index is 871. The van der Waals surface area contributed by atoms with Gasteiger partial charge in [-0.3, -0.25) is 24.1 Å². The van der Waals surface area contributed by atoms with Crippen LogP contribution in [0, 0.1) is 5.82 Å². The molecule has 2 aromatic rings. The molecular formula is C19H14FNO5. The molecule has 3 rings (SSSR count). The van der Waals surface area contributed by atoms with E-state index >= 15 is 0 Å². The maximum absolute atomic E-state index is 12.9. The van der Waals surface area contributed by atoms with Crippen LogP contribution in [0.15, 0.2) is 48.5 Å². The molecule has 6 nitrogen and oxygen atoms in total. The highest BCUT2D eigenvalue weighted by Crippen LogP contribution is 2.22. The first-order valence-corrected chi connectivity index (χ1v) is 7.83. The number of ether oxygens (including phenoxy) is 1. The standard InChI is InChI=1S/C19H14FNO5/c1-11(17(23)12-6-8-13(20)9-7-12)26-16(22)10-21-18(24)14-4-2-3-5-15(14)19(21)25/h2-9,11H,10H2,1H3/t11-/m1/s1. The third-order valence-corrected chi connectivity index (χ3v) is 3.97. The van der Waals surface area contributed by atoms with E-state index in [1.165, 1.54) is 31.2 Å². The fourth-order valence-corrected chi connectivity index (χ4v) is 2.65. The predicted molar refractivity (Wildman–Crippen MR) is 88.1 cm³/mol. The lowest BCUT2D eigenvalue weighted by atomic mass is 10.1. The summed E-state index contributed by atoms with van der Waals surface area (Å²) < 4.78 is 17.9. The monoisotopic (exact) mass is 355 g/mol. The minimum absolute atomic E-state index is 0.187. The number of fused-ring (bicyclic) bond motifs is 1. The summed E-state index contributed by atoms with van der Waals surface area (Å²) in [6.07, 6.45) is -1.14. The molecule has 0 radical (unpaired) electrons. The number of halogens is 1. The molecule has 0 N–H and O–H groups in total. The largest absolute Gasteiger partial charge is 0.453 e. The van der Waals surface area contributed by atoms with E-state index < -0.39 is 42.0 Å². The summed E-state index contributed by atoms with van der Waals surface area (Å²) in [5, 5.41) is 0. The zero-order chi connectivity index (χ0) is 18.8. The maximum atomic E-state index is 12.9. The van der Waals surface area contributed by atoms with Gasteiger partial charge in [0.2, 0.25) is 5.78 Å². The molecule has 0 saturated carbocycles. The molecule has 132 valence electrons. The number of hydrogen-bond donors (Lipinski definition) is 0. The van der Waals surface area contributed by atoms with Crippen LogP contribution >= 0.6 is 0 Å². The van der Waals surface area contributed by atoms with Crippen molar-refractivity contribution in [2.75, 3.05) is 6.54 Å². The average molecular weight is 355 g/mol. The van der Waals surface area contributed by atoms with Crippen LogP contribution in [0.25, 0.3) is 0 Å². The van der Waals surface area contributed by atoms with E-state index in [2.05, 4.69) is 0 Å². The Hall–Kier alpha value is -3.35. The van der Waals surface area contributed by atoms with Gasteiger partial charge < -0.3 is 4.74 Å². The van der Waals surface area contributed by atoms with Crippen molar-refractivity contribution in [3.05, 3.63) is 71.0 Å². The summed E-state index contributed by atoms with van der Waals surface area (Å²) in [4.78, 5) is 49.5. The number of Topliss-reactive ketones (excluding diaryl/α,β-unsaturated/α-hetero) is 1. The van der Waals surface area contributed by atoms with E-state index in [9.17, 15) is 23.6 Å². The Kier molecular flexibility index (Phi) is 4.62. The van der Waals surface area contributed by atoms with Gasteiger partial charge >= 0.3 is 5.97 Å². The smallest absolute Gasteiger partial charge is 0.326 e. The van der Waals surface area contributed by atoms with Gasteiger partial charge in [-0.05, 0) is 43.3 Å². The second-order valence-corrected chi connectivity index (χ2v) is 5.75. The van der Waals surface area contributed by atoms with Gasteiger partial charge in [-0.15, -0.1) is 0 Å². The van der Waals surface area contributed by atoms with Crippen LogP contribution in [0.2, 0.25) is 0 Å². The molecular weight excluding hydrogens is 341 g/mol. The number of esters is 1. The van der Waals surface area contributed by atoms with Gasteiger partial charge in [0.1, 0.15) is 12.4 Å². The number of ketones is 1. The van der Waals surface area contributed by atoms with E-state index in [4.69, 9.17) is 4.74 Å². The van der Waals surface area contributed by atoms with Crippen LogP contribution in [0.3, 0.4) is 0 Å². The van der Waals surface area contributed by atoms with E-state index in [1.807, 2.05) is 0 Å². The molecule has 2 amide bonds. The van der Waals surface area contributed by atoms with E-state index in [0.717, 1.165) is 17.0 Å². The van der Waals surface area contributed by atoms with E-state index in [1.54, 1.807) is 12.1 Å². The quantitative estimate of drug-likeness (QED) is 0.467. The zero-order valence-corrected chi connectivity index (χ0v) is 13.8. The Morgan fingerprint density at radius 1 is 1.00 bits per heavy atom. The molecule has 0 fully saturated rings.